The van der Waals surface area contributed by atoms with E-state index in [-0.39, 0.29) is 0 Å². The third-order valence-corrected chi connectivity index (χ3v) is 0.887. The molecule has 0 heterocycles. The van der Waals surface area contributed by atoms with Gasteiger partial charge in [0, 0.05) is 0 Å². The maximum Gasteiger partial charge on any atom is 0.323 e. The lowest BCUT2D eigenvalue weighted by molar-refractivity contribution is -0.165. The number of carbonyl (C=O) groups is 2. The van der Waals surface area contributed by atoms with E-state index in [1.54, 1.807) is 12.1 Å². The first kappa shape index (κ1) is 10.9. The molecule has 0 aliphatic rings. The maximum atomic E-state index is 10.5. The fourth-order valence-corrected chi connectivity index (χ4v) is 0.392. The van der Waals surface area contributed by atoms with Gasteiger partial charge in [-0.25, -0.2) is 0 Å². The van der Waals surface area contributed by atoms with Crippen LogP contribution in [0.1, 0.15) is 12.8 Å². The van der Waals surface area contributed by atoms with E-state index in [4.69, 9.17) is 10.5 Å². The van der Waals surface area contributed by atoms with E-state index in [2.05, 4.69) is 9.47 Å². The molecule has 6 nitrogen and oxygen atoms in total. The summed E-state index contributed by atoms with van der Waals surface area (Å²) in [4.78, 5) is 21.0. The Labute approximate surface area is 74.3 Å². The van der Waals surface area contributed by atoms with Gasteiger partial charge in [0.05, 0.1) is 12.1 Å². The first-order valence-electron chi connectivity index (χ1n) is 3.26. The molecular weight excluding hydrogens is 176 g/mol. The van der Waals surface area contributed by atoms with Crippen LogP contribution >= 0.6 is 0 Å². The molecular formula is C7H6N2O4. The summed E-state index contributed by atoms with van der Waals surface area (Å²) >= 11 is 0. The van der Waals surface area contributed by atoms with Crippen molar-refractivity contribution >= 4 is 11.9 Å². The van der Waals surface area contributed by atoms with Crippen molar-refractivity contribution in [1.29, 1.82) is 10.5 Å². The van der Waals surface area contributed by atoms with Gasteiger partial charge in [-0.2, -0.15) is 10.5 Å². The van der Waals surface area contributed by atoms with E-state index in [1.807, 2.05) is 0 Å². The van der Waals surface area contributed by atoms with E-state index < -0.39 is 31.6 Å². The molecule has 0 atom stereocenters. The van der Waals surface area contributed by atoms with E-state index in [0.29, 0.717) is 0 Å². The summed E-state index contributed by atoms with van der Waals surface area (Å²) < 4.78 is 8.57. The number of nitrogens with zero attached hydrogens (tertiary/aromatic N) is 2. The molecule has 0 amide bonds. The third kappa shape index (κ3) is 6.32. The van der Waals surface area contributed by atoms with E-state index >= 15 is 0 Å². The van der Waals surface area contributed by atoms with Gasteiger partial charge in [0.25, 0.3) is 0 Å². The first-order valence-corrected chi connectivity index (χ1v) is 3.26. The molecule has 0 aromatic heterocycles. The standard InChI is InChI=1S/C7H6N2O4/c8-3-1-6(10)12-5-13-7(11)2-4-9/h1-2,5H2. The summed E-state index contributed by atoms with van der Waals surface area (Å²) in [7, 11) is 0. The number of hydrogen-bond donors (Lipinski definition) is 0. The lowest BCUT2D eigenvalue weighted by atomic mass is 10.5. The van der Waals surface area contributed by atoms with Gasteiger partial charge >= 0.3 is 11.9 Å². The van der Waals surface area contributed by atoms with Crippen LogP contribution in [-0.2, 0) is 19.1 Å². The van der Waals surface area contributed by atoms with Gasteiger partial charge < -0.3 is 9.47 Å². The predicted octanol–water partition coefficient (Wildman–Crippen LogP) is -0.142. The number of esters is 2. The van der Waals surface area contributed by atoms with Gasteiger partial charge in [0.2, 0.25) is 6.79 Å². The summed E-state index contributed by atoms with van der Waals surface area (Å²) in [5, 5.41) is 16.1. The number of hydrogen-bond acceptors (Lipinski definition) is 6. The Morgan fingerprint density at radius 3 is 1.69 bits per heavy atom. The highest BCUT2D eigenvalue weighted by Gasteiger charge is 2.04. The molecule has 0 bridgehead atoms. The molecule has 0 aliphatic carbocycles. The fourth-order valence-electron chi connectivity index (χ4n) is 0.392. The number of ether oxygens (including phenoxy) is 2. The minimum Gasteiger partial charge on any atom is -0.427 e. The molecule has 0 radical (unpaired) electrons. The Morgan fingerprint density at radius 1 is 1.00 bits per heavy atom. The lowest BCUT2D eigenvalue weighted by Gasteiger charge is -2.01. The predicted molar refractivity (Wildman–Crippen MR) is 37.5 cm³/mol. The van der Waals surface area contributed by atoms with Crippen molar-refractivity contribution in [1.82, 2.24) is 0 Å². The quantitative estimate of drug-likeness (QED) is 0.443. The summed E-state index contributed by atoms with van der Waals surface area (Å²) in [6.45, 7) is -0.555. The number of rotatable bonds is 4. The average molecular weight is 182 g/mol. The monoisotopic (exact) mass is 182 g/mol. The molecule has 13 heavy (non-hydrogen) atoms. The summed E-state index contributed by atoms with van der Waals surface area (Å²) in [6.07, 6.45) is -0.786. The summed E-state index contributed by atoms with van der Waals surface area (Å²) in [6, 6.07) is 3.13. The van der Waals surface area contributed by atoms with Crippen molar-refractivity contribution in [3.05, 3.63) is 0 Å². The van der Waals surface area contributed by atoms with Gasteiger partial charge in [0.15, 0.2) is 0 Å². The van der Waals surface area contributed by atoms with Crippen LogP contribution in [0.3, 0.4) is 0 Å². The van der Waals surface area contributed by atoms with E-state index in [1.165, 1.54) is 0 Å². The van der Waals surface area contributed by atoms with Crippen LogP contribution in [0.25, 0.3) is 0 Å². The van der Waals surface area contributed by atoms with Gasteiger partial charge in [-0.15, -0.1) is 0 Å². The highest BCUT2D eigenvalue weighted by atomic mass is 16.7. The van der Waals surface area contributed by atoms with Gasteiger partial charge in [-0.3, -0.25) is 9.59 Å². The maximum absolute atomic E-state index is 10.5. The minimum absolute atomic E-state index is 0.393. The van der Waals surface area contributed by atoms with Crippen LogP contribution in [0, 0.1) is 22.7 Å². The van der Waals surface area contributed by atoms with Crippen molar-refractivity contribution in [3.8, 4) is 12.1 Å². The van der Waals surface area contributed by atoms with Gasteiger partial charge in [0.1, 0.15) is 12.8 Å². The molecule has 0 aromatic carbocycles. The first-order chi connectivity index (χ1) is 6.20. The topological polar surface area (TPSA) is 100 Å². The van der Waals surface area contributed by atoms with Crippen LogP contribution in [0.5, 0.6) is 0 Å². The molecule has 0 unspecified atom stereocenters. The average Bonchev–Trinajstić information content (AvgIpc) is 2.05. The SMILES string of the molecule is N#CCC(=O)OCOC(=O)CC#N. The van der Waals surface area contributed by atoms with Crippen molar-refractivity contribution in [2.75, 3.05) is 6.79 Å². The van der Waals surface area contributed by atoms with Crippen molar-refractivity contribution in [2.45, 2.75) is 12.8 Å². The Hall–Kier alpha value is -2.08. The molecule has 0 aromatic rings. The Kier molecular flexibility index (Phi) is 5.56. The largest absolute Gasteiger partial charge is 0.427 e. The normalized spacial score (nSPS) is 7.85. The van der Waals surface area contributed by atoms with Crippen LogP contribution in [0.4, 0.5) is 0 Å². The van der Waals surface area contributed by atoms with Crippen molar-refractivity contribution in [3.63, 3.8) is 0 Å². The van der Waals surface area contributed by atoms with Crippen molar-refractivity contribution in [2.24, 2.45) is 0 Å². The van der Waals surface area contributed by atoms with Crippen LogP contribution in [0.15, 0.2) is 0 Å². The molecule has 0 spiro atoms. The Morgan fingerprint density at radius 2 is 1.38 bits per heavy atom. The van der Waals surface area contributed by atoms with Gasteiger partial charge in [-0.05, 0) is 0 Å². The zero-order valence-electron chi connectivity index (χ0n) is 6.65. The van der Waals surface area contributed by atoms with Crippen LogP contribution < -0.4 is 0 Å². The van der Waals surface area contributed by atoms with Crippen LogP contribution in [0.2, 0.25) is 0 Å². The highest BCUT2D eigenvalue weighted by molar-refractivity contribution is 5.73. The molecule has 0 N–H and O–H groups in total. The van der Waals surface area contributed by atoms with Gasteiger partial charge in [-0.1, -0.05) is 0 Å². The lowest BCUT2D eigenvalue weighted by Crippen LogP contribution is -2.11. The molecule has 0 rings (SSSR count). The smallest absolute Gasteiger partial charge is 0.323 e. The molecule has 6 heteroatoms. The molecule has 0 aliphatic heterocycles. The van der Waals surface area contributed by atoms with Crippen molar-refractivity contribution < 1.29 is 19.1 Å². The number of nitriles is 2. The Balaban J connectivity index is 3.47. The molecule has 68 valence electrons. The van der Waals surface area contributed by atoms with E-state index in [9.17, 15) is 9.59 Å². The second-order valence-electron chi connectivity index (χ2n) is 1.82. The Bertz CT molecular complexity index is 245. The summed E-state index contributed by atoms with van der Waals surface area (Å²) in [5.74, 6) is -1.54. The van der Waals surface area contributed by atoms with E-state index in [0.717, 1.165) is 0 Å². The zero-order chi connectivity index (χ0) is 10.1. The van der Waals surface area contributed by atoms with Crippen LogP contribution in [-0.4, -0.2) is 18.7 Å². The molecule has 0 fully saturated rings. The molecule has 0 saturated heterocycles. The highest BCUT2D eigenvalue weighted by Crippen LogP contribution is 1.88. The fraction of sp³-hybridized carbons (Fsp3) is 0.429. The number of carbonyl (C=O) groups excluding carboxylic acids is 2. The minimum atomic E-state index is -0.771. The zero-order valence-corrected chi connectivity index (χ0v) is 6.65. The summed E-state index contributed by atoms with van der Waals surface area (Å²) in [5.41, 5.74) is 0. The second-order valence-corrected chi connectivity index (χ2v) is 1.82. The third-order valence-electron chi connectivity index (χ3n) is 0.887. The molecule has 0 saturated carbocycles. The second kappa shape index (κ2) is 6.62.